The van der Waals surface area contributed by atoms with Gasteiger partial charge in [-0.15, -0.1) is 0 Å². The molecule has 116 valence electrons. The first-order valence-electron chi connectivity index (χ1n) is 8.16. The van der Waals surface area contributed by atoms with E-state index in [-0.39, 0.29) is 12.8 Å². The van der Waals surface area contributed by atoms with E-state index in [2.05, 4.69) is 23.3 Å². The van der Waals surface area contributed by atoms with Crippen molar-refractivity contribution in [2.45, 2.75) is 63.3 Å². The average molecular weight is 294 g/mol. The molecule has 2 aliphatic rings. The Morgan fingerprint density at radius 1 is 1.33 bits per heavy atom. The third-order valence-electron chi connectivity index (χ3n) is 5.14. The van der Waals surface area contributed by atoms with Crippen LogP contribution in [0, 0.1) is 5.92 Å². The molecule has 2 atom stereocenters. The summed E-state index contributed by atoms with van der Waals surface area (Å²) in [4.78, 5) is 4.58. The highest BCUT2D eigenvalue weighted by molar-refractivity contribution is 5.30. The molecule has 1 saturated carbocycles. The summed E-state index contributed by atoms with van der Waals surface area (Å²) in [6.07, 6.45) is 5.36. The van der Waals surface area contributed by atoms with Crippen LogP contribution in [-0.4, -0.2) is 23.5 Å². The summed E-state index contributed by atoms with van der Waals surface area (Å²) in [7, 11) is 0. The third kappa shape index (κ3) is 3.10. The highest BCUT2D eigenvalue weighted by atomic mass is 19.3. The Bertz CT molecular complexity index is 479. The molecule has 4 heteroatoms. The van der Waals surface area contributed by atoms with E-state index in [1.165, 1.54) is 11.3 Å². The SMILES string of the molecule is CCNC(C1CCC(F)(F)CC1)C1CCc2cccnc21. The highest BCUT2D eigenvalue weighted by Gasteiger charge is 2.41. The molecule has 0 aromatic carbocycles. The lowest BCUT2D eigenvalue weighted by atomic mass is 9.76. The van der Waals surface area contributed by atoms with Crippen LogP contribution in [0.5, 0.6) is 0 Å². The number of fused-ring (bicyclic) bond motifs is 1. The topological polar surface area (TPSA) is 24.9 Å². The van der Waals surface area contributed by atoms with Gasteiger partial charge in [-0.25, -0.2) is 8.78 Å². The number of hydrogen-bond donors (Lipinski definition) is 1. The molecule has 3 rings (SSSR count). The van der Waals surface area contributed by atoms with Crippen molar-refractivity contribution in [2.75, 3.05) is 6.54 Å². The van der Waals surface area contributed by atoms with Crippen molar-refractivity contribution < 1.29 is 8.78 Å². The Hall–Kier alpha value is -1.03. The maximum atomic E-state index is 13.4. The molecule has 0 aliphatic heterocycles. The Morgan fingerprint density at radius 2 is 2.10 bits per heavy atom. The molecular weight excluding hydrogens is 270 g/mol. The number of pyridine rings is 1. The second kappa shape index (κ2) is 5.99. The van der Waals surface area contributed by atoms with Crippen LogP contribution in [0.2, 0.25) is 0 Å². The van der Waals surface area contributed by atoms with E-state index in [0.717, 1.165) is 19.4 Å². The molecule has 0 spiro atoms. The van der Waals surface area contributed by atoms with E-state index in [9.17, 15) is 8.78 Å². The van der Waals surface area contributed by atoms with E-state index in [0.29, 0.717) is 30.7 Å². The van der Waals surface area contributed by atoms with Crippen molar-refractivity contribution >= 4 is 0 Å². The van der Waals surface area contributed by atoms with Crippen molar-refractivity contribution in [1.29, 1.82) is 0 Å². The van der Waals surface area contributed by atoms with Crippen molar-refractivity contribution in [3.63, 3.8) is 0 Å². The lowest BCUT2D eigenvalue weighted by Crippen LogP contribution is -2.43. The first-order valence-corrected chi connectivity index (χ1v) is 8.16. The number of halogens is 2. The van der Waals surface area contributed by atoms with Crippen molar-refractivity contribution in [3.8, 4) is 0 Å². The van der Waals surface area contributed by atoms with E-state index in [4.69, 9.17) is 0 Å². The fourth-order valence-electron chi connectivity index (χ4n) is 4.09. The number of nitrogens with zero attached hydrogens (tertiary/aromatic N) is 1. The van der Waals surface area contributed by atoms with Gasteiger partial charge in [-0.3, -0.25) is 4.98 Å². The van der Waals surface area contributed by atoms with E-state index >= 15 is 0 Å². The molecule has 1 aromatic heterocycles. The largest absolute Gasteiger partial charge is 0.313 e. The number of aromatic nitrogens is 1. The number of likely N-dealkylation sites (N-methyl/N-ethyl adjacent to an activating group) is 1. The van der Waals surface area contributed by atoms with Gasteiger partial charge in [0, 0.05) is 36.7 Å². The summed E-state index contributed by atoms with van der Waals surface area (Å²) < 4.78 is 26.8. The molecule has 1 fully saturated rings. The zero-order valence-corrected chi connectivity index (χ0v) is 12.6. The summed E-state index contributed by atoms with van der Waals surface area (Å²) in [6, 6.07) is 4.44. The second-order valence-electron chi connectivity index (χ2n) is 6.47. The van der Waals surface area contributed by atoms with Crippen LogP contribution in [0.3, 0.4) is 0 Å². The quantitative estimate of drug-likeness (QED) is 0.910. The summed E-state index contributed by atoms with van der Waals surface area (Å²) in [5.74, 6) is -1.71. The number of rotatable bonds is 4. The molecule has 1 N–H and O–H groups in total. The van der Waals surface area contributed by atoms with Crippen LogP contribution in [-0.2, 0) is 6.42 Å². The molecule has 2 nitrogen and oxygen atoms in total. The number of hydrogen-bond acceptors (Lipinski definition) is 2. The van der Waals surface area contributed by atoms with Crippen LogP contribution in [0.15, 0.2) is 18.3 Å². The van der Waals surface area contributed by atoms with Gasteiger partial charge in [0.2, 0.25) is 5.92 Å². The monoisotopic (exact) mass is 294 g/mol. The first-order chi connectivity index (χ1) is 10.1. The highest BCUT2D eigenvalue weighted by Crippen LogP contribution is 2.43. The molecule has 1 heterocycles. The fourth-order valence-corrected chi connectivity index (χ4v) is 4.09. The van der Waals surface area contributed by atoms with Gasteiger partial charge in [-0.2, -0.15) is 0 Å². The smallest absolute Gasteiger partial charge is 0.248 e. The van der Waals surface area contributed by atoms with Crippen molar-refractivity contribution in [2.24, 2.45) is 5.92 Å². The van der Waals surface area contributed by atoms with Crippen LogP contribution in [0.25, 0.3) is 0 Å². The molecule has 2 aliphatic carbocycles. The Kier molecular flexibility index (Phi) is 4.25. The minimum Gasteiger partial charge on any atom is -0.313 e. The number of nitrogens with one attached hydrogen (secondary N) is 1. The third-order valence-corrected chi connectivity index (χ3v) is 5.14. The predicted molar refractivity (Wildman–Crippen MR) is 79.7 cm³/mol. The summed E-state index contributed by atoms with van der Waals surface area (Å²) >= 11 is 0. The lowest BCUT2D eigenvalue weighted by Gasteiger charge is -2.37. The zero-order valence-electron chi connectivity index (χ0n) is 12.6. The van der Waals surface area contributed by atoms with E-state index in [1.807, 2.05) is 12.3 Å². The summed E-state index contributed by atoms with van der Waals surface area (Å²) in [5.41, 5.74) is 2.53. The van der Waals surface area contributed by atoms with Crippen molar-refractivity contribution in [3.05, 3.63) is 29.6 Å². The normalized spacial score (nSPS) is 26.5. The molecule has 0 bridgehead atoms. The Balaban J connectivity index is 1.77. The van der Waals surface area contributed by atoms with Gasteiger partial charge in [0.1, 0.15) is 0 Å². The van der Waals surface area contributed by atoms with Crippen LogP contribution < -0.4 is 5.32 Å². The standard InChI is InChI=1S/C17H24F2N2/c1-2-20-15(13-7-9-17(18,19)10-8-13)14-6-5-12-4-3-11-21-16(12)14/h3-4,11,13-15,20H,2,5-10H2,1H3. The van der Waals surface area contributed by atoms with Crippen LogP contribution in [0.1, 0.15) is 56.2 Å². The minimum absolute atomic E-state index is 0.0430. The van der Waals surface area contributed by atoms with E-state index in [1.54, 1.807) is 0 Å². The fraction of sp³-hybridized carbons (Fsp3) is 0.706. The average Bonchev–Trinajstić information content (AvgIpc) is 2.89. The van der Waals surface area contributed by atoms with Gasteiger partial charge in [0.15, 0.2) is 0 Å². The van der Waals surface area contributed by atoms with Gasteiger partial charge < -0.3 is 5.32 Å². The molecule has 0 amide bonds. The van der Waals surface area contributed by atoms with Gasteiger partial charge in [0.05, 0.1) is 0 Å². The Morgan fingerprint density at radius 3 is 2.81 bits per heavy atom. The lowest BCUT2D eigenvalue weighted by molar-refractivity contribution is -0.0506. The van der Waals surface area contributed by atoms with Crippen LogP contribution >= 0.6 is 0 Å². The molecule has 21 heavy (non-hydrogen) atoms. The van der Waals surface area contributed by atoms with Gasteiger partial charge in [0.25, 0.3) is 0 Å². The predicted octanol–water partition coefficient (Wildman–Crippen LogP) is 3.92. The van der Waals surface area contributed by atoms with Gasteiger partial charge in [-0.05, 0) is 49.8 Å². The van der Waals surface area contributed by atoms with Crippen LogP contribution in [0.4, 0.5) is 8.78 Å². The van der Waals surface area contributed by atoms with Gasteiger partial charge >= 0.3 is 0 Å². The van der Waals surface area contributed by atoms with E-state index < -0.39 is 5.92 Å². The molecule has 0 radical (unpaired) electrons. The minimum atomic E-state index is -2.45. The second-order valence-corrected chi connectivity index (χ2v) is 6.47. The molecule has 0 saturated heterocycles. The molecular formula is C17H24F2N2. The summed E-state index contributed by atoms with van der Waals surface area (Å²) in [5, 5.41) is 3.58. The maximum absolute atomic E-state index is 13.4. The van der Waals surface area contributed by atoms with Crippen molar-refractivity contribution in [1.82, 2.24) is 10.3 Å². The Labute approximate surface area is 125 Å². The summed E-state index contributed by atoms with van der Waals surface area (Å²) in [6.45, 7) is 2.98. The van der Waals surface area contributed by atoms with Gasteiger partial charge in [-0.1, -0.05) is 13.0 Å². The zero-order chi connectivity index (χ0) is 14.9. The molecule has 2 unspecified atom stereocenters. The number of alkyl halides is 2. The number of aryl methyl sites for hydroxylation is 1. The molecule has 1 aromatic rings. The maximum Gasteiger partial charge on any atom is 0.248 e. The first kappa shape index (κ1) is 14.9.